The number of pyridine rings is 1. The lowest BCUT2D eigenvalue weighted by Crippen LogP contribution is -2.29. The van der Waals surface area contributed by atoms with Crippen molar-refractivity contribution in [1.82, 2.24) is 10.4 Å². The molecule has 1 heterocycles. The van der Waals surface area contributed by atoms with E-state index in [0.29, 0.717) is 5.82 Å². The number of hydrazine groups is 1. The summed E-state index contributed by atoms with van der Waals surface area (Å²) in [7, 11) is 0. The molecule has 0 fully saturated rings. The monoisotopic (exact) mass is 258 g/mol. The van der Waals surface area contributed by atoms with E-state index in [0.717, 1.165) is 0 Å². The van der Waals surface area contributed by atoms with Gasteiger partial charge in [0.25, 0.3) is 11.6 Å². The summed E-state index contributed by atoms with van der Waals surface area (Å²) in [5.41, 5.74) is 5.08. The molecule has 7 nitrogen and oxygen atoms in total. The van der Waals surface area contributed by atoms with Crippen molar-refractivity contribution in [2.24, 2.45) is 0 Å². The number of anilines is 1. The summed E-state index contributed by atoms with van der Waals surface area (Å²) in [6.07, 6.45) is 1.57. The number of rotatable bonds is 4. The van der Waals surface area contributed by atoms with Crippen molar-refractivity contribution in [3.8, 4) is 0 Å². The number of amides is 1. The highest BCUT2D eigenvalue weighted by Crippen LogP contribution is 2.12. The molecule has 0 saturated heterocycles. The molecule has 2 aromatic rings. The third-order valence-electron chi connectivity index (χ3n) is 2.29. The Hall–Kier alpha value is -2.96. The topological polar surface area (TPSA) is 97.2 Å². The summed E-state index contributed by atoms with van der Waals surface area (Å²) in [5, 5.41) is 10.6. The van der Waals surface area contributed by atoms with Gasteiger partial charge in [0.05, 0.1) is 4.92 Å². The number of carbonyl (C=O) groups excluding carboxylic acids is 1. The molecule has 1 aromatic heterocycles. The van der Waals surface area contributed by atoms with Crippen LogP contribution in [0.15, 0.2) is 48.7 Å². The van der Waals surface area contributed by atoms with Crippen LogP contribution >= 0.6 is 0 Å². The van der Waals surface area contributed by atoms with Crippen molar-refractivity contribution in [1.29, 1.82) is 0 Å². The molecule has 0 bridgehead atoms. The summed E-state index contributed by atoms with van der Waals surface area (Å²) in [4.78, 5) is 25.8. The van der Waals surface area contributed by atoms with Crippen LogP contribution in [0.25, 0.3) is 0 Å². The van der Waals surface area contributed by atoms with Gasteiger partial charge in [-0.3, -0.25) is 25.8 Å². The van der Waals surface area contributed by atoms with Crippen LogP contribution in [-0.2, 0) is 0 Å². The van der Waals surface area contributed by atoms with Crippen LogP contribution in [0.4, 0.5) is 11.5 Å². The van der Waals surface area contributed by atoms with E-state index in [1.54, 1.807) is 24.4 Å². The Morgan fingerprint density at radius 3 is 2.74 bits per heavy atom. The summed E-state index contributed by atoms with van der Waals surface area (Å²) < 4.78 is 0. The highest BCUT2D eigenvalue weighted by Gasteiger charge is 2.10. The van der Waals surface area contributed by atoms with Crippen molar-refractivity contribution in [3.05, 3.63) is 64.3 Å². The van der Waals surface area contributed by atoms with Crippen LogP contribution in [0.3, 0.4) is 0 Å². The van der Waals surface area contributed by atoms with E-state index >= 15 is 0 Å². The van der Waals surface area contributed by atoms with Gasteiger partial charge in [-0.1, -0.05) is 12.1 Å². The first-order chi connectivity index (χ1) is 9.16. The molecule has 0 atom stereocenters. The molecule has 7 heteroatoms. The van der Waals surface area contributed by atoms with Gasteiger partial charge < -0.3 is 0 Å². The minimum atomic E-state index is -0.553. The fourth-order valence-corrected chi connectivity index (χ4v) is 1.39. The Morgan fingerprint density at radius 1 is 1.21 bits per heavy atom. The van der Waals surface area contributed by atoms with Crippen molar-refractivity contribution >= 4 is 17.4 Å². The molecule has 2 N–H and O–H groups in total. The normalized spacial score (nSPS) is 9.68. The molecule has 19 heavy (non-hydrogen) atoms. The fraction of sp³-hybridized carbons (Fsp3) is 0. The standard InChI is InChI=1S/C12H10N4O3/c17-12(15-14-11-6-1-2-7-13-11)9-4-3-5-10(8-9)16(18)19/h1-8H,(H,13,14)(H,15,17). The van der Waals surface area contributed by atoms with Gasteiger partial charge in [0.15, 0.2) is 0 Å². The Morgan fingerprint density at radius 2 is 2.05 bits per heavy atom. The number of hydrogen-bond acceptors (Lipinski definition) is 5. The lowest BCUT2D eigenvalue weighted by molar-refractivity contribution is -0.384. The minimum absolute atomic E-state index is 0.134. The van der Waals surface area contributed by atoms with Gasteiger partial charge in [0.2, 0.25) is 0 Å². The fourth-order valence-electron chi connectivity index (χ4n) is 1.39. The molecule has 0 aliphatic carbocycles. The second-order valence-corrected chi connectivity index (χ2v) is 3.60. The third-order valence-corrected chi connectivity index (χ3v) is 2.29. The zero-order valence-corrected chi connectivity index (χ0v) is 9.74. The average Bonchev–Trinajstić information content (AvgIpc) is 2.46. The average molecular weight is 258 g/mol. The first-order valence-electron chi connectivity index (χ1n) is 5.38. The Bertz CT molecular complexity index is 601. The molecule has 0 saturated carbocycles. The van der Waals surface area contributed by atoms with Gasteiger partial charge in [-0.05, 0) is 18.2 Å². The number of hydrogen-bond donors (Lipinski definition) is 2. The molecule has 1 amide bonds. The van der Waals surface area contributed by atoms with Gasteiger partial charge in [-0.25, -0.2) is 4.98 Å². The maximum atomic E-state index is 11.8. The molecular weight excluding hydrogens is 248 g/mol. The number of carbonyl (C=O) groups is 1. The lowest BCUT2D eigenvalue weighted by atomic mass is 10.2. The highest BCUT2D eigenvalue weighted by atomic mass is 16.6. The van der Waals surface area contributed by atoms with Crippen LogP contribution in [0.5, 0.6) is 0 Å². The Balaban J connectivity index is 2.04. The molecular formula is C12H10N4O3. The molecule has 1 aromatic carbocycles. The predicted octanol–water partition coefficient (Wildman–Crippen LogP) is 1.75. The highest BCUT2D eigenvalue weighted by molar-refractivity contribution is 5.95. The van der Waals surface area contributed by atoms with Crippen molar-refractivity contribution in [3.63, 3.8) is 0 Å². The Kier molecular flexibility index (Phi) is 3.67. The molecule has 0 aliphatic rings. The summed E-state index contributed by atoms with van der Waals surface area (Å²) in [5.74, 6) is -0.00404. The smallest absolute Gasteiger partial charge is 0.270 e. The van der Waals surface area contributed by atoms with E-state index in [9.17, 15) is 14.9 Å². The summed E-state index contributed by atoms with van der Waals surface area (Å²) >= 11 is 0. The van der Waals surface area contributed by atoms with Gasteiger partial charge in [0, 0.05) is 23.9 Å². The molecule has 0 spiro atoms. The van der Waals surface area contributed by atoms with E-state index in [1.807, 2.05) is 0 Å². The van der Waals surface area contributed by atoms with Gasteiger partial charge >= 0.3 is 0 Å². The molecule has 0 radical (unpaired) electrons. The Labute approximate surface area is 108 Å². The van der Waals surface area contributed by atoms with E-state index in [-0.39, 0.29) is 11.3 Å². The maximum Gasteiger partial charge on any atom is 0.270 e. The zero-order valence-electron chi connectivity index (χ0n) is 9.74. The van der Waals surface area contributed by atoms with Crippen LogP contribution in [0, 0.1) is 10.1 Å². The van der Waals surface area contributed by atoms with Crippen molar-refractivity contribution in [2.45, 2.75) is 0 Å². The number of nitro groups is 1. The van der Waals surface area contributed by atoms with Crippen LogP contribution in [0.1, 0.15) is 10.4 Å². The molecule has 2 rings (SSSR count). The largest absolute Gasteiger partial charge is 0.282 e. The SMILES string of the molecule is O=C(NNc1ccccn1)c1cccc([N+](=O)[O-])c1. The quantitative estimate of drug-likeness (QED) is 0.643. The van der Waals surface area contributed by atoms with E-state index in [2.05, 4.69) is 15.8 Å². The van der Waals surface area contributed by atoms with Crippen LogP contribution in [0.2, 0.25) is 0 Å². The number of nitrogens with zero attached hydrogens (tertiary/aromatic N) is 2. The second kappa shape index (κ2) is 5.58. The van der Waals surface area contributed by atoms with E-state index in [4.69, 9.17) is 0 Å². The van der Waals surface area contributed by atoms with Crippen molar-refractivity contribution < 1.29 is 9.72 Å². The van der Waals surface area contributed by atoms with E-state index in [1.165, 1.54) is 24.3 Å². The van der Waals surface area contributed by atoms with E-state index < -0.39 is 10.8 Å². The third kappa shape index (κ3) is 3.25. The van der Waals surface area contributed by atoms with Gasteiger partial charge in [0.1, 0.15) is 5.82 Å². The number of non-ortho nitro benzene ring substituents is 1. The van der Waals surface area contributed by atoms with Gasteiger partial charge in [-0.15, -0.1) is 0 Å². The zero-order chi connectivity index (χ0) is 13.7. The number of benzene rings is 1. The maximum absolute atomic E-state index is 11.8. The molecule has 0 unspecified atom stereocenters. The van der Waals surface area contributed by atoms with Crippen LogP contribution < -0.4 is 10.9 Å². The molecule has 0 aliphatic heterocycles. The number of nitro benzene ring substituents is 1. The second-order valence-electron chi connectivity index (χ2n) is 3.60. The molecule has 96 valence electrons. The van der Waals surface area contributed by atoms with Gasteiger partial charge in [-0.2, -0.15) is 0 Å². The summed E-state index contributed by atoms with van der Waals surface area (Å²) in [6.45, 7) is 0. The van der Waals surface area contributed by atoms with Crippen molar-refractivity contribution in [2.75, 3.05) is 5.43 Å². The number of nitrogens with one attached hydrogen (secondary N) is 2. The predicted molar refractivity (Wildman–Crippen MR) is 68.4 cm³/mol. The minimum Gasteiger partial charge on any atom is -0.282 e. The first kappa shape index (κ1) is 12.5. The number of aromatic nitrogens is 1. The summed E-state index contributed by atoms with van der Waals surface area (Å²) in [6, 6.07) is 10.6. The van der Waals surface area contributed by atoms with Crippen LogP contribution in [-0.4, -0.2) is 15.8 Å². The first-order valence-corrected chi connectivity index (χ1v) is 5.38. The lowest BCUT2D eigenvalue weighted by Gasteiger charge is -2.07.